The van der Waals surface area contributed by atoms with Gasteiger partial charge in [0.15, 0.2) is 0 Å². The minimum absolute atomic E-state index is 0.0800. The zero-order chi connectivity index (χ0) is 24.0. The fraction of sp³-hybridized carbons (Fsp3) is 0.519. The molecule has 3 heterocycles. The smallest absolute Gasteiger partial charge is 0.254 e. The Hall–Kier alpha value is -2.93. The first-order valence-electron chi connectivity index (χ1n) is 12.3. The summed E-state index contributed by atoms with van der Waals surface area (Å²) in [6.07, 6.45) is 4.89. The van der Waals surface area contributed by atoms with E-state index in [0.29, 0.717) is 18.3 Å². The summed E-state index contributed by atoms with van der Waals surface area (Å²) >= 11 is 0. The van der Waals surface area contributed by atoms with E-state index >= 15 is 0 Å². The minimum atomic E-state index is -0.282. The lowest BCUT2D eigenvalue weighted by Crippen LogP contribution is -2.42. The molecular formula is C27H34N4O3. The molecule has 1 aromatic carbocycles. The molecule has 2 saturated heterocycles. The number of fused-ring (bicyclic) bond motifs is 1. The van der Waals surface area contributed by atoms with E-state index in [1.165, 1.54) is 0 Å². The number of rotatable bonds is 5. The monoisotopic (exact) mass is 462 g/mol. The van der Waals surface area contributed by atoms with E-state index in [2.05, 4.69) is 47.8 Å². The number of allylic oxidation sites excluding steroid dienone is 3. The molecule has 34 heavy (non-hydrogen) atoms. The molecule has 7 nitrogen and oxygen atoms in total. The van der Waals surface area contributed by atoms with Crippen molar-refractivity contribution in [2.24, 2.45) is 11.8 Å². The Balaban J connectivity index is 1.28. The van der Waals surface area contributed by atoms with Gasteiger partial charge in [0.1, 0.15) is 11.4 Å². The number of piperidine rings is 1. The molecule has 0 spiro atoms. The highest BCUT2D eigenvalue weighted by Gasteiger charge is 2.50. The van der Waals surface area contributed by atoms with Crippen LogP contribution in [-0.4, -0.2) is 44.8 Å². The van der Waals surface area contributed by atoms with Gasteiger partial charge in [-0.1, -0.05) is 30.3 Å². The van der Waals surface area contributed by atoms with Gasteiger partial charge < -0.3 is 9.64 Å². The van der Waals surface area contributed by atoms with Crippen LogP contribution in [0.1, 0.15) is 53.0 Å². The molecule has 1 aliphatic carbocycles. The molecule has 2 atom stereocenters. The second-order valence-corrected chi connectivity index (χ2v) is 10.6. The highest BCUT2D eigenvalue weighted by molar-refractivity contribution is 5.58. The summed E-state index contributed by atoms with van der Waals surface area (Å²) < 4.78 is 8.39. The molecule has 180 valence electrons. The minimum Gasteiger partial charge on any atom is -0.492 e. The number of likely N-dealkylation sites (tertiary alicyclic amines) is 1. The van der Waals surface area contributed by atoms with Crippen LogP contribution in [0, 0.1) is 22.0 Å². The van der Waals surface area contributed by atoms with E-state index in [1.807, 2.05) is 32.0 Å². The third-order valence-electron chi connectivity index (χ3n) is 7.85. The zero-order valence-electron chi connectivity index (χ0n) is 20.5. The van der Waals surface area contributed by atoms with Crippen molar-refractivity contribution < 1.29 is 9.66 Å². The SMILES string of the molecule is CC1=C2OC(C)(C)CC2C(CN2CCC(n3ccc(-c4ccccc4)n3)CC2)C([N+](=O)[O-])=C1C. The van der Waals surface area contributed by atoms with Crippen molar-refractivity contribution in [3.8, 4) is 11.3 Å². The maximum atomic E-state index is 12.1. The summed E-state index contributed by atoms with van der Waals surface area (Å²) in [5.41, 5.74) is 3.96. The van der Waals surface area contributed by atoms with E-state index in [-0.39, 0.29) is 22.4 Å². The summed E-state index contributed by atoms with van der Waals surface area (Å²) in [5.74, 6) is 0.913. The van der Waals surface area contributed by atoms with E-state index < -0.39 is 0 Å². The molecule has 7 heteroatoms. The molecule has 0 radical (unpaired) electrons. The predicted molar refractivity (Wildman–Crippen MR) is 132 cm³/mol. The van der Waals surface area contributed by atoms with E-state index in [0.717, 1.165) is 60.5 Å². The van der Waals surface area contributed by atoms with E-state index in [1.54, 1.807) is 0 Å². The number of benzene rings is 1. The van der Waals surface area contributed by atoms with Gasteiger partial charge in [0.25, 0.3) is 5.70 Å². The number of aromatic nitrogens is 2. The van der Waals surface area contributed by atoms with Crippen molar-refractivity contribution in [2.75, 3.05) is 19.6 Å². The molecule has 0 amide bonds. The Kier molecular flexibility index (Phi) is 5.84. The Morgan fingerprint density at radius 3 is 2.50 bits per heavy atom. The van der Waals surface area contributed by atoms with Gasteiger partial charge in [-0.05, 0) is 58.6 Å². The average molecular weight is 463 g/mol. The number of hydrogen-bond donors (Lipinski definition) is 0. The molecule has 2 fully saturated rings. The van der Waals surface area contributed by atoms with Crippen molar-refractivity contribution in [3.63, 3.8) is 0 Å². The molecule has 2 unspecified atom stereocenters. The van der Waals surface area contributed by atoms with Crippen molar-refractivity contribution in [1.29, 1.82) is 0 Å². The molecule has 1 aromatic heterocycles. The average Bonchev–Trinajstić information content (AvgIpc) is 3.43. The lowest BCUT2D eigenvalue weighted by Gasteiger charge is -2.36. The van der Waals surface area contributed by atoms with Gasteiger partial charge in [-0.2, -0.15) is 5.10 Å². The molecule has 5 rings (SSSR count). The third kappa shape index (κ3) is 4.17. The summed E-state index contributed by atoms with van der Waals surface area (Å²) in [5, 5.41) is 17.0. The van der Waals surface area contributed by atoms with Crippen LogP contribution >= 0.6 is 0 Å². The van der Waals surface area contributed by atoms with Gasteiger partial charge in [-0.3, -0.25) is 14.8 Å². The number of nitro groups is 1. The van der Waals surface area contributed by atoms with Crippen LogP contribution in [0.3, 0.4) is 0 Å². The first kappa shape index (κ1) is 22.8. The second kappa shape index (κ2) is 8.69. The summed E-state index contributed by atoms with van der Waals surface area (Å²) in [6, 6.07) is 12.7. The first-order chi connectivity index (χ1) is 16.2. The summed E-state index contributed by atoms with van der Waals surface area (Å²) in [7, 11) is 0. The maximum Gasteiger partial charge on any atom is 0.254 e. The fourth-order valence-electron chi connectivity index (χ4n) is 6.00. The van der Waals surface area contributed by atoms with Crippen molar-refractivity contribution in [2.45, 2.75) is 58.6 Å². The van der Waals surface area contributed by atoms with Crippen LogP contribution < -0.4 is 0 Å². The summed E-state index contributed by atoms with van der Waals surface area (Å²) in [4.78, 5) is 14.4. The molecule has 0 bridgehead atoms. The van der Waals surface area contributed by atoms with Gasteiger partial charge in [0, 0.05) is 42.9 Å². The third-order valence-corrected chi connectivity index (χ3v) is 7.85. The Bertz CT molecular complexity index is 1140. The van der Waals surface area contributed by atoms with Crippen LogP contribution in [-0.2, 0) is 4.74 Å². The lowest BCUT2D eigenvalue weighted by molar-refractivity contribution is -0.437. The van der Waals surface area contributed by atoms with Crippen LogP contribution in [0.5, 0.6) is 0 Å². The van der Waals surface area contributed by atoms with E-state index in [9.17, 15) is 10.1 Å². The second-order valence-electron chi connectivity index (χ2n) is 10.6. The van der Waals surface area contributed by atoms with Crippen LogP contribution in [0.2, 0.25) is 0 Å². The lowest BCUT2D eigenvalue weighted by atomic mass is 9.76. The van der Waals surface area contributed by atoms with E-state index in [4.69, 9.17) is 9.84 Å². The number of nitrogens with zero attached hydrogens (tertiary/aromatic N) is 4. The van der Waals surface area contributed by atoms with Crippen molar-refractivity contribution >= 4 is 0 Å². The fourth-order valence-corrected chi connectivity index (χ4v) is 6.00. The topological polar surface area (TPSA) is 73.4 Å². The summed E-state index contributed by atoms with van der Waals surface area (Å²) in [6.45, 7) is 10.6. The first-order valence-corrected chi connectivity index (χ1v) is 12.3. The Morgan fingerprint density at radius 2 is 1.82 bits per heavy atom. The number of hydrogen-bond acceptors (Lipinski definition) is 5. The highest BCUT2D eigenvalue weighted by Crippen LogP contribution is 2.50. The van der Waals surface area contributed by atoms with Gasteiger partial charge in [0.2, 0.25) is 0 Å². The zero-order valence-corrected chi connectivity index (χ0v) is 20.5. The van der Waals surface area contributed by atoms with Gasteiger partial charge in [0.05, 0.1) is 22.6 Å². The molecule has 0 N–H and O–H groups in total. The van der Waals surface area contributed by atoms with Gasteiger partial charge in [-0.25, -0.2) is 0 Å². The van der Waals surface area contributed by atoms with Crippen molar-refractivity contribution in [3.05, 3.63) is 75.3 Å². The van der Waals surface area contributed by atoms with Crippen molar-refractivity contribution in [1.82, 2.24) is 14.7 Å². The molecule has 3 aliphatic rings. The van der Waals surface area contributed by atoms with Crippen LogP contribution in [0.15, 0.2) is 65.2 Å². The van der Waals surface area contributed by atoms with Gasteiger partial charge >= 0.3 is 0 Å². The predicted octanol–water partition coefficient (Wildman–Crippen LogP) is 5.46. The molecule has 2 aromatic rings. The standard InChI is InChI=1S/C27H34N4O3/c1-18-19(2)26-22(16-27(3,4)34-26)23(25(18)31(32)33)17-29-13-10-21(11-14-29)30-15-12-24(28-30)20-8-6-5-7-9-20/h5-9,12,15,21-23H,10-11,13-14,16-17H2,1-4H3. The van der Waals surface area contributed by atoms with Crippen LogP contribution in [0.4, 0.5) is 0 Å². The Morgan fingerprint density at radius 1 is 1.12 bits per heavy atom. The number of ether oxygens (including phenoxy) is 1. The largest absolute Gasteiger partial charge is 0.492 e. The molecular weight excluding hydrogens is 428 g/mol. The normalized spacial score (nSPS) is 25.4. The maximum absolute atomic E-state index is 12.1. The molecule has 2 aliphatic heterocycles. The molecule has 0 saturated carbocycles. The quantitative estimate of drug-likeness (QED) is 0.436. The highest BCUT2D eigenvalue weighted by atomic mass is 16.6. The Labute approximate surface area is 201 Å². The van der Waals surface area contributed by atoms with Crippen LogP contribution in [0.25, 0.3) is 11.3 Å². The van der Waals surface area contributed by atoms with Gasteiger partial charge in [-0.15, -0.1) is 0 Å².